The van der Waals surface area contributed by atoms with Gasteiger partial charge in [0.05, 0.1) is 48.4 Å². The molecule has 1 aromatic carbocycles. The molecular weight excluding hydrogens is 546 g/mol. The first-order chi connectivity index (χ1) is 21.1. The van der Waals surface area contributed by atoms with Gasteiger partial charge < -0.3 is 24.1 Å². The molecule has 0 bridgehead atoms. The molecule has 1 unspecified atom stereocenters. The number of likely N-dealkylation sites (N-methyl/N-ethyl adjacent to an activating group) is 2. The topological polar surface area (TPSA) is 58.6 Å². The molecule has 254 valence electrons. The number of benzene rings is 1. The van der Waals surface area contributed by atoms with Crippen LogP contribution < -0.4 is 10.1 Å². The number of hydrogen-bond acceptors (Lipinski definition) is 3. The van der Waals surface area contributed by atoms with Crippen LogP contribution in [-0.2, 0) is 4.79 Å². The summed E-state index contributed by atoms with van der Waals surface area (Å²) in [6.07, 6.45) is 26.2. The molecule has 0 aliphatic carbocycles. The number of amides is 1. The van der Waals surface area contributed by atoms with Crippen molar-refractivity contribution in [2.45, 2.75) is 122 Å². The van der Waals surface area contributed by atoms with E-state index >= 15 is 0 Å². The van der Waals surface area contributed by atoms with E-state index in [2.05, 4.69) is 40.4 Å². The van der Waals surface area contributed by atoms with Crippen LogP contribution in [0.4, 0.5) is 0 Å². The summed E-state index contributed by atoms with van der Waals surface area (Å²) in [7, 11) is 10.5. The first kappa shape index (κ1) is 40.1. The van der Waals surface area contributed by atoms with Gasteiger partial charge in [0.25, 0.3) is 0 Å². The average molecular weight is 618 g/mol. The zero-order valence-corrected chi connectivity index (χ0v) is 29.8. The molecule has 0 saturated carbocycles. The van der Waals surface area contributed by atoms with Crippen molar-refractivity contribution in [3.8, 4) is 5.75 Å². The third kappa shape index (κ3) is 22.6. The van der Waals surface area contributed by atoms with Crippen LogP contribution in [0.5, 0.6) is 5.75 Å². The van der Waals surface area contributed by atoms with E-state index < -0.39 is 0 Å². The van der Waals surface area contributed by atoms with E-state index in [1.165, 1.54) is 103 Å². The Morgan fingerprint density at radius 3 is 1.61 bits per heavy atom. The van der Waals surface area contributed by atoms with E-state index in [-0.39, 0.29) is 12.0 Å². The number of carbonyl (C=O) groups excluding carboxylic acids is 1. The van der Waals surface area contributed by atoms with Gasteiger partial charge in [0, 0.05) is 19.0 Å². The molecule has 0 aliphatic heterocycles. The minimum Gasteiger partial charge on any atom is -0.497 e. The summed E-state index contributed by atoms with van der Waals surface area (Å²) >= 11 is 0. The van der Waals surface area contributed by atoms with E-state index in [9.17, 15) is 9.90 Å². The lowest BCUT2D eigenvalue weighted by molar-refractivity contribution is -0.914. The van der Waals surface area contributed by atoms with Crippen molar-refractivity contribution >= 4 is 12.0 Å². The van der Waals surface area contributed by atoms with E-state index in [1.807, 2.05) is 30.3 Å². The molecule has 6 heteroatoms. The number of aliphatic hydroxyl groups excluding tert-OH is 1. The van der Waals surface area contributed by atoms with E-state index in [0.29, 0.717) is 6.54 Å². The minimum atomic E-state index is -0.330. The molecule has 0 fully saturated rings. The second-order valence-electron chi connectivity index (χ2n) is 14.4. The van der Waals surface area contributed by atoms with Gasteiger partial charge >= 0.3 is 0 Å². The highest BCUT2D eigenvalue weighted by molar-refractivity contribution is 5.91. The summed E-state index contributed by atoms with van der Waals surface area (Å²) in [5.74, 6) is 0.717. The number of ether oxygens (including phenoxy) is 1. The van der Waals surface area contributed by atoms with Crippen LogP contribution in [-0.4, -0.2) is 94.1 Å². The second kappa shape index (κ2) is 24.4. The third-order valence-corrected chi connectivity index (χ3v) is 8.81. The molecular formula is C38H71N3O3+2. The van der Waals surface area contributed by atoms with Gasteiger partial charge in [-0.15, -0.1) is 0 Å². The molecule has 0 heterocycles. The van der Waals surface area contributed by atoms with Crippen LogP contribution in [0, 0.1) is 0 Å². The summed E-state index contributed by atoms with van der Waals surface area (Å²) in [4.78, 5) is 12.2. The molecule has 44 heavy (non-hydrogen) atoms. The summed E-state index contributed by atoms with van der Waals surface area (Å²) in [5.41, 5.74) is 0.962. The molecule has 1 rings (SSSR count). The van der Waals surface area contributed by atoms with Crippen LogP contribution in [0.2, 0.25) is 0 Å². The molecule has 0 aliphatic rings. The molecule has 0 radical (unpaired) electrons. The lowest BCUT2D eigenvalue weighted by Gasteiger charge is -2.36. The lowest BCUT2D eigenvalue weighted by atomic mass is 10.0. The van der Waals surface area contributed by atoms with Crippen molar-refractivity contribution in [1.82, 2.24) is 5.32 Å². The fourth-order valence-electron chi connectivity index (χ4n) is 6.13. The monoisotopic (exact) mass is 618 g/mol. The van der Waals surface area contributed by atoms with Crippen molar-refractivity contribution in [1.29, 1.82) is 0 Å². The van der Waals surface area contributed by atoms with Gasteiger partial charge in [0.1, 0.15) is 18.8 Å². The average Bonchev–Trinajstić information content (AvgIpc) is 2.97. The lowest BCUT2D eigenvalue weighted by Crippen LogP contribution is -2.53. The fourth-order valence-corrected chi connectivity index (χ4v) is 6.13. The molecule has 0 spiro atoms. The Bertz CT molecular complexity index is 867. The number of methoxy groups -OCH3 is 1. The quantitative estimate of drug-likeness (QED) is 0.0569. The number of carbonyl (C=O) groups is 1. The molecule has 0 saturated heterocycles. The summed E-state index contributed by atoms with van der Waals surface area (Å²) < 4.78 is 6.79. The number of nitrogens with one attached hydrogen (secondary N) is 1. The summed E-state index contributed by atoms with van der Waals surface area (Å²) in [6, 6.07) is 7.62. The maximum Gasteiger partial charge on any atom is 0.244 e. The zero-order valence-electron chi connectivity index (χ0n) is 29.8. The Hall–Kier alpha value is -1.89. The molecule has 1 amide bonds. The standard InChI is InChI=1S/C38H70N3O3/c1-7-8-9-10-11-12-13-14-15-16-17-18-19-20-21-22-31-40(2,3)33-36(42)34-41(4,5)32-23-30-39-38(43)29-26-35-24-27-37(44-6)28-25-35/h24-29,36,42H,7-23,30-34H2,1-6H3/q+1/p+1/b29-26+. The van der Waals surface area contributed by atoms with Crippen molar-refractivity contribution in [2.75, 3.05) is 68.0 Å². The van der Waals surface area contributed by atoms with Crippen molar-refractivity contribution in [3.63, 3.8) is 0 Å². The highest BCUT2D eigenvalue weighted by Crippen LogP contribution is 2.15. The number of nitrogens with zero attached hydrogens (tertiary/aromatic N) is 2. The first-order valence-corrected chi connectivity index (χ1v) is 18.0. The van der Waals surface area contributed by atoms with Gasteiger partial charge in [0.15, 0.2) is 6.10 Å². The van der Waals surface area contributed by atoms with Crippen LogP contribution in [0.3, 0.4) is 0 Å². The Kier molecular flexibility index (Phi) is 22.2. The fraction of sp³-hybridized carbons (Fsp3) is 0.763. The maximum absolute atomic E-state index is 12.2. The van der Waals surface area contributed by atoms with E-state index in [0.717, 1.165) is 52.9 Å². The molecule has 0 aromatic heterocycles. The number of quaternary nitrogens is 2. The second-order valence-corrected chi connectivity index (χ2v) is 14.4. The van der Waals surface area contributed by atoms with Gasteiger partial charge in [-0.2, -0.15) is 0 Å². The normalized spacial score (nSPS) is 13.0. The van der Waals surface area contributed by atoms with E-state index in [1.54, 1.807) is 13.2 Å². The van der Waals surface area contributed by atoms with Gasteiger partial charge in [-0.25, -0.2) is 0 Å². The van der Waals surface area contributed by atoms with E-state index in [4.69, 9.17) is 4.74 Å². The first-order valence-electron chi connectivity index (χ1n) is 18.0. The molecule has 6 nitrogen and oxygen atoms in total. The van der Waals surface area contributed by atoms with Crippen LogP contribution >= 0.6 is 0 Å². The number of aliphatic hydroxyl groups is 1. The van der Waals surface area contributed by atoms with Crippen LogP contribution in [0.1, 0.15) is 122 Å². The SMILES string of the molecule is CCCCCCCCCCCCCCCCCC[N+](C)(C)CC(O)C[N+](C)(C)CCCNC(=O)/C=C/c1ccc(OC)cc1. The Balaban J connectivity index is 2.07. The zero-order chi connectivity index (χ0) is 32.5. The van der Waals surface area contributed by atoms with Gasteiger partial charge in [-0.3, -0.25) is 4.79 Å². The largest absolute Gasteiger partial charge is 0.497 e. The number of hydrogen-bond donors (Lipinski definition) is 2. The van der Waals surface area contributed by atoms with Crippen molar-refractivity contribution in [2.24, 2.45) is 0 Å². The third-order valence-electron chi connectivity index (χ3n) is 8.81. The molecule has 1 aromatic rings. The highest BCUT2D eigenvalue weighted by atomic mass is 16.5. The molecule has 1 atom stereocenters. The van der Waals surface area contributed by atoms with Crippen LogP contribution in [0.15, 0.2) is 30.3 Å². The summed E-state index contributed by atoms with van der Waals surface area (Å²) in [5, 5.41) is 13.9. The maximum atomic E-state index is 12.2. The number of rotatable bonds is 28. The predicted molar refractivity (Wildman–Crippen MR) is 189 cm³/mol. The van der Waals surface area contributed by atoms with Gasteiger partial charge in [-0.05, 0) is 36.6 Å². The Morgan fingerprint density at radius 1 is 0.727 bits per heavy atom. The van der Waals surface area contributed by atoms with Crippen molar-refractivity contribution in [3.05, 3.63) is 35.9 Å². The predicted octanol–water partition coefficient (Wildman–Crippen LogP) is 7.99. The summed E-state index contributed by atoms with van der Waals surface area (Å²) in [6.45, 7) is 6.46. The van der Waals surface area contributed by atoms with Crippen molar-refractivity contribution < 1.29 is 23.6 Å². The van der Waals surface area contributed by atoms with Crippen LogP contribution in [0.25, 0.3) is 6.08 Å². The Labute approximate surface area is 272 Å². The minimum absolute atomic E-state index is 0.0840. The highest BCUT2D eigenvalue weighted by Gasteiger charge is 2.26. The van der Waals surface area contributed by atoms with Gasteiger partial charge in [-0.1, -0.05) is 109 Å². The Morgan fingerprint density at radius 2 is 1.16 bits per heavy atom. The number of unbranched alkanes of at least 4 members (excludes halogenated alkanes) is 15. The molecule has 2 N–H and O–H groups in total. The smallest absolute Gasteiger partial charge is 0.244 e. The van der Waals surface area contributed by atoms with Gasteiger partial charge in [0.2, 0.25) is 5.91 Å².